The Morgan fingerprint density at radius 1 is 1.33 bits per heavy atom. The monoisotopic (exact) mass is 247 g/mol. The first-order valence-electron chi connectivity index (χ1n) is 4.39. The highest BCUT2D eigenvalue weighted by Crippen LogP contribution is 2.07. The molecule has 3 nitrogen and oxygen atoms in total. The van der Waals surface area contributed by atoms with Crippen LogP contribution in [0.5, 0.6) is 0 Å². The minimum absolute atomic E-state index is 0. The van der Waals surface area contributed by atoms with E-state index in [9.17, 15) is 0 Å². The van der Waals surface area contributed by atoms with Gasteiger partial charge in [0, 0.05) is 18.4 Å². The molecule has 0 atom stereocenters. The van der Waals surface area contributed by atoms with Gasteiger partial charge in [0.15, 0.2) is 0 Å². The summed E-state index contributed by atoms with van der Waals surface area (Å²) in [6, 6.07) is 6.13. The summed E-state index contributed by atoms with van der Waals surface area (Å²) < 4.78 is 2.10. The zero-order valence-electron chi connectivity index (χ0n) is 8.73. The van der Waals surface area contributed by atoms with Gasteiger partial charge < -0.3 is 9.72 Å². The Balaban J connectivity index is 0.000000980. The first-order valence-corrected chi connectivity index (χ1v) is 4.39. The number of rotatable bonds is 2. The summed E-state index contributed by atoms with van der Waals surface area (Å²) in [5.74, 6) is 0. The third-order valence-electron chi connectivity index (χ3n) is 2.10. The minimum Gasteiger partial charge on any atom is -0.314 e. The second-order valence-corrected chi connectivity index (χ2v) is 3.16. The highest BCUT2D eigenvalue weighted by atomic mass is 35.5. The molecule has 5 heteroatoms. The van der Waals surface area contributed by atoms with E-state index in [0.717, 1.165) is 17.9 Å². The fraction of sp³-hybridized carbons (Fsp3) is 0.300. The number of nitrogens with zero attached hydrogens (tertiary/aromatic N) is 2. The number of hydrogen-bond acceptors (Lipinski definition) is 2. The summed E-state index contributed by atoms with van der Waals surface area (Å²) in [5.41, 5.74) is 3.31. The number of aryl methyl sites for hydroxylation is 1. The molecule has 0 radical (unpaired) electrons. The molecule has 0 aromatic carbocycles. The van der Waals surface area contributed by atoms with Crippen molar-refractivity contribution in [1.82, 2.24) is 14.7 Å². The molecular formula is C10H15Cl2N3. The van der Waals surface area contributed by atoms with Crippen LogP contribution in [0.2, 0.25) is 0 Å². The summed E-state index contributed by atoms with van der Waals surface area (Å²) in [7, 11) is 1.93. The van der Waals surface area contributed by atoms with Crippen molar-refractivity contribution in [2.24, 2.45) is 0 Å². The van der Waals surface area contributed by atoms with Crippen LogP contribution >= 0.6 is 24.8 Å². The van der Waals surface area contributed by atoms with Crippen molar-refractivity contribution in [3.8, 4) is 0 Å². The average Bonchev–Trinajstić information content (AvgIpc) is 2.49. The largest absolute Gasteiger partial charge is 0.314 e. The van der Waals surface area contributed by atoms with Gasteiger partial charge in [-0.1, -0.05) is 6.07 Å². The summed E-state index contributed by atoms with van der Waals surface area (Å²) in [6.07, 6.45) is 2.07. The van der Waals surface area contributed by atoms with E-state index in [-0.39, 0.29) is 24.8 Å². The van der Waals surface area contributed by atoms with E-state index in [2.05, 4.69) is 33.9 Å². The van der Waals surface area contributed by atoms with E-state index >= 15 is 0 Å². The molecule has 15 heavy (non-hydrogen) atoms. The molecule has 0 spiro atoms. The fourth-order valence-corrected chi connectivity index (χ4v) is 1.47. The lowest BCUT2D eigenvalue weighted by atomic mass is 10.4. The maximum Gasteiger partial charge on any atom is 0.137 e. The van der Waals surface area contributed by atoms with Gasteiger partial charge in [0.1, 0.15) is 5.65 Å². The van der Waals surface area contributed by atoms with Crippen LogP contribution in [0.1, 0.15) is 11.4 Å². The molecule has 2 heterocycles. The van der Waals surface area contributed by atoms with Crippen LogP contribution in [0.3, 0.4) is 0 Å². The molecule has 0 unspecified atom stereocenters. The van der Waals surface area contributed by atoms with E-state index in [1.54, 1.807) is 0 Å². The summed E-state index contributed by atoms with van der Waals surface area (Å²) in [6.45, 7) is 2.90. The third-order valence-corrected chi connectivity index (χ3v) is 2.10. The van der Waals surface area contributed by atoms with Crippen LogP contribution in [0.15, 0.2) is 24.4 Å². The van der Waals surface area contributed by atoms with Gasteiger partial charge >= 0.3 is 0 Å². The van der Waals surface area contributed by atoms with Crippen LogP contribution in [0, 0.1) is 6.92 Å². The first kappa shape index (κ1) is 14.2. The Morgan fingerprint density at radius 2 is 2.07 bits per heavy atom. The number of hydrogen-bond donors (Lipinski definition) is 1. The molecule has 0 fully saturated rings. The van der Waals surface area contributed by atoms with E-state index in [0.29, 0.717) is 0 Å². The number of pyridine rings is 1. The Bertz CT molecular complexity index is 426. The lowest BCUT2D eigenvalue weighted by molar-refractivity contribution is 0.798. The highest BCUT2D eigenvalue weighted by molar-refractivity contribution is 5.85. The van der Waals surface area contributed by atoms with Gasteiger partial charge in [-0.25, -0.2) is 4.98 Å². The normalized spacial score (nSPS) is 9.47. The minimum atomic E-state index is 0. The summed E-state index contributed by atoms with van der Waals surface area (Å²) in [4.78, 5) is 4.46. The van der Waals surface area contributed by atoms with Crippen molar-refractivity contribution in [1.29, 1.82) is 0 Å². The highest BCUT2D eigenvalue weighted by Gasteiger charge is 2.00. The van der Waals surface area contributed by atoms with Crippen LogP contribution in [0.4, 0.5) is 0 Å². The lowest BCUT2D eigenvalue weighted by Crippen LogP contribution is -2.04. The van der Waals surface area contributed by atoms with Crippen molar-refractivity contribution >= 4 is 30.5 Å². The van der Waals surface area contributed by atoms with Crippen molar-refractivity contribution in [2.75, 3.05) is 7.05 Å². The third kappa shape index (κ3) is 2.84. The van der Waals surface area contributed by atoms with Crippen molar-refractivity contribution in [2.45, 2.75) is 13.5 Å². The SMILES string of the molecule is CNCc1cn2c(C)cccc2n1.Cl.Cl. The molecule has 2 aromatic heterocycles. The van der Waals surface area contributed by atoms with E-state index in [1.807, 2.05) is 19.2 Å². The predicted octanol–water partition coefficient (Wildman–Crippen LogP) is 2.21. The quantitative estimate of drug-likeness (QED) is 0.882. The fourth-order valence-electron chi connectivity index (χ4n) is 1.47. The number of aromatic nitrogens is 2. The smallest absolute Gasteiger partial charge is 0.137 e. The number of imidazole rings is 1. The zero-order valence-corrected chi connectivity index (χ0v) is 10.4. The van der Waals surface area contributed by atoms with Crippen LogP contribution in [-0.4, -0.2) is 16.4 Å². The Labute approximate surface area is 102 Å². The standard InChI is InChI=1S/C10H13N3.2ClH/c1-8-4-3-5-10-12-9(6-11-2)7-13(8)10;;/h3-5,7,11H,6H2,1-2H3;2*1H. The molecule has 0 saturated heterocycles. The molecule has 0 aliphatic heterocycles. The average molecular weight is 248 g/mol. The van der Waals surface area contributed by atoms with Gasteiger partial charge in [-0.05, 0) is 26.1 Å². The van der Waals surface area contributed by atoms with E-state index in [4.69, 9.17) is 0 Å². The van der Waals surface area contributed by atoms with Gasteiger partial charge in [-0.3, -0.25) is 0 Å². The molecule has 2 rings (SSSR count). The maximum absolute atomic E-state index is 4.46. The summed E-state index contributed by atoms with van der Waals surface area (Å²) >= 11 is 0. The second-order valence-electron chi connectivity index (χ2n) is 3.16. The van der Waals surface area contributed by atoms with Gasteiger partial charge in [-0.2, -0.15) is 0 Å². The number of halogens is 2. The van der Waals surface area contributed by atoms with Crippen LogP contribution < -0.4 is 5.32 Å². The zero-order chi connectivity index (χ0) is 9.26. The van der Waals surface area contributed by atoms with E-state index < -0.39 is 0 Å². The molecule has 0 bridgehead atoms. The van der Waals surface area contributed by atoms with Gasteiger partial charge in [0.2, 0.25) is 0 Å². The van der Waals surface area contributed by atoms with Gasteiger partial charge in [-0.15, -0.1) is 24.8 Å². The molecule has 0 aliphatic carbocycles. The van der Waals surface area contributed by atoms with Crippen LogP contribution in [-0.2, 0) is 6.54 Å². The molecule has 0 saturated carbocycles. The van der Waals surface area contributed by atoms with E-state index in [1.165, 1.54) is 5.69 Å². The second kappa shape index (κ2) is 5.95. The molecule has 2 aromatic rings. The van der Waals surface area contributed by atoms with Crippen molar-refractivity contribution in [3.63, 3.8) is 0 Å². The molecular weight excluding hydrogens is 233 g/mol. The van der Waals surface area contributed by atoms with Crippen molar-refractivity contribution < 1.29 is 0 Å². The molecule has 84 valence electrons. The Hall–Kier alpha value is -0.770. The number of nitrogens with one attached hydrogen (secondary N) is 1. The maximum atomic E-state index is 4.46. The Morgan fingerprint density at radius 3 is 2.67 bits per heavy atom. The number of fused-ring (bicyclic) bond motifs is 1. The summed E-state index contributed by atoms with van der Waals surface area (Å²) in [5, 5.41) is 3.09. The Kier molecular flexibility index (Phi) is 5.65. The lowest BCUT2D eigenvalue weighted by Gasteiger charge is -1.95. The van der Waals surface area contributed by atoms with Gasteiger partial charge in [0.05, 0.1) is 5.69 Å². The van der Waals surface area contributed by atoms with Crippen LogP contribution in [0.25, 0.3) is 5.65 Å². The molecule has 0 amide bonds. The predicted molar refractivity (Wildman–Crippen MR) is 67.2 cm³/mol. The van der Waals surface area contributed by atoms with Crippen molar-refractivity contribution in [3.05, 3.63) is 35.8 Å². The topological polar surface area (TPSA) is 29.3 Å². The first-order chi connectivity index (χ1) is 6.31. The van der Waals surface area contributed by atoms with Gasteiger partial charge in [0.25, 0.3) is 0 Å². The molecule has 1 N–H and O–H groups in total. The molecule has 0 aliphatic rings.